The van der Waals surface area contributed by atoms with E-state index in [2.05, 4.69) is 144 Å². The first-order valence-corrected chi connectivity index (χ1v) is 18.4. The Balaban J connectivity index is 1.21. The van der Waals surface area contributed by atoms with Crippen molar-refractivity contribution in [2.75, 3.05) is 4.90 Å². The Labute approximate surface area is 316 Å². The minimum Gasteiger partial charge on any atom is -0.456 e. The first-order chi connectivity index (χ1) is 27.2. The molecule has 0 fully saturated rings. The van der Waals surface area contributed by atoms with E-state index in [1.165, 1.54) is 0 Å². The van der Waals surface area contributed by atoms with Gasteiger partial charge in [0.25, 0.3) is 0 Å². The van der Waals surface area contributed by atoms with Crippen LogP contribution in [-0.2, 0) is 0 Å². The summed E-state index contributed by atoms with van der Waals surface area (Å²) >= 11 is 0. The first-order valence-electron chi connectivity index (χ1n) is 18.4. The summed E-state index contributed by atoms with van der Waals surface area (Å²) in [4.78, 5) is 12.6. The Hall–Kier alpha value is -7.50. The van der Waals surface area contributed by atoms with Crippen molar-refractivity contribution in [2.24, 2.45) is 0 Å². The second-order valence-corrected chi connectivity index (χ2v) is 13.8. The number of fused-ring (bicyclic) bond motifs is 7. The molecule has 11 aromatic rings. The van der Waals surface area contributed by atoms with Crippen molar-refractivity contribution < 1.29 is 8.83 Å². The van der Waals surface area contributed by atoms with Crippen LogP contribution in [0.2, 0.25) is 0 Å². The van der Waals surface area contributed by atoms with Crippen molar-refractivity contribution in [3.05, 3.63) is 188 Å². The predicted octanol–water partition coefficient (Wildman–Crippen LogP) is 13.9. The molecule has 5 nitrogen and oxygen atoms in total. The molecule has 258 valence electrons. The molecule has 55 heavy (non-hydrogen) atoms. The zero-order valence-electron chi connectivity index (χ0n) is 29.6. The van der Waals surface area contributed by atoms with Gasteiger partial charge in [0.05, 0.1) is 22.5 Å². The number of benzene rings is 8. The van der Waals surface area contributed by atoms with Crippen LogP contribution in [0.5, 0.6) is 0 Å². The molecule has 0 bridgehead atoms. The van der Waals surface area contributed by atoms with Crippen LogP contribution in [0.25, 0.3) is 88.6 Å². The summed E-state index contributed by atoms with van der Waals surface area (Å²) in [5.41, 5.74) is 10.8. The lowest BCUT2D eigenvalue weighted by Crippen LogP contribution is -2.10. The van der Waals surface area contributed by atoms with E-state index in [0.29, 0.717) is 5.82 Å². The summed E-state index contributed by atoms with van der Waals surface area (Å²) in [7, 11) is 0. The lowest BCUT2D eigenvalue weighted by atomic mass is 10.00. The zero-order chi connectivity index (χ0) is 36.3. The Morgan fingerprint density at radius 3 is 1.85 bits per heavy atom. The molecule has 0 amide bonds. The van der Waals surface area contributed by atoms with E-state index in [1.54, 1.807) is 0 Å². The van der Waals surface area contributed by atoms with Crippen LogP contribution in [0.1, 0.15) is 0 Å². The molecule has 0 radical (unpaired) electrons. The monoisotopic (exact) mass is 705 g/mol. The highest BCUT2D eigenvalue weighted by molar-refractivity contribution is 6.19. The molecule has 0 saturated carbocycles. The van der Waals surface area contributed by atoms with Gasteiger partial charge < -0.3 is 13.7 Å². The fraction of sp³-hybridized carbons (Fsp3) is 0. The number of nitrogens with zero attached hydrogens (tertiary/aromatic N) is 3. The van der Waals surface area contributed by atoms with Gasteiger partial charge in [-0.3, -0.25) is 0 Å². The second kappa shape index (κ2) is 12.6. The minimum absolute atomic E-state index is 0.655. The van der Waals surface area contributed by atoms with Gasteiger partial charge in [0.1, 0.15) is 22.3 Å². The number of rotatable bonds is 6. The molecule has 3 heterocycles. The van der Waals surface area contributed by atoms with Crippen LogP contribution < -0.4 is 4.90 Å². The third-order valence-electron chi connectivity index (χ3n) is 10.4. The lowest BCUT2D eigenvalue weighted by molar-refractivity contribution is 0.669. The summed E-state index contributed by atoms with van der Waals surface area (Å²) in [5, 5.41) is 6.44. The zero-order valence-corrected chi connectivity index (χ0v) is 29.6. The molecule has 0 atom stereocenters. The normalized spacial score (nSPS) is 11.6. The van der Waals surface area contributed by atoms with Gasteiger partial charge in [0.15, 0.2) is 5.82 Å². The smallest absolute Gasteiger partial charge is 0.160 e. The fourth-order valence-electron chi connectivity index (χ4n) is 7.85. The van der Waals surface area contributed by atoms with Gasteiger partial charge >= 0.3 is 0 Å². The van der Waals surface area contributed by atoms with Crippen LogP contribution in [0.3, 0.4) is 0 Å². The number of hydrogen-bond acceptors (Lipinski definition) is 5. The van der Waals surface area contributed by atoms with E-state index in [1.807, 2.05) is 48.5 Å². The second-order valence-electron chi connectivity index (χ2n) is 13.8. The van der Waals surface area contributed by atoms with Gasteiger partial charge in [0.2, 0.25) is 0 Å². The minimum atomic E-state index is 0.655. The third kappa shape index (κ3) is 5.24. The van der Waals surface area contributed by atoms with E-state index in [0.717, 1.165) is 99.8 Å². The average Bonchev–Trinajstić information content (AvgIpc) is 3.82. The summed E-state index contributed by atoms with van der Waals surface area (Å²) in [5.74, 6) is 0.655. The Morgan fingerprint density at radius 1 is 0.400 bits per heavy atom. The van der Waals surface area contributed by atoms with Crippen molar-refractivity contribution in [1.82, 2.24) is 9.97 Å². The molecule has 11 rings (SSSR count). The quantitative estimate of drug-likeness (QED) is 0.172. The van der Waals surface area contributed by atoms with E-state index >= 15 is 0 Å². The van der Waals surface area contributed by atoms with E-state index in [9.17, 15) is 0 Å². The molecule has 0 aliphatic carbocycles. The number of para-hydroxylation sites is 2. The van der Waals surface area contributed by atoms with E-state index in [-0.39, 0.29) is 0 Å². The standard InChI is InChI=1S/C50H31N3O2/c1-4-14-32(15-5-1)42-31-43(52-50(51-42)33-16-6-2-7-17-33)39-25-26-44(48-41-28-34-18-10-11-19-35(34)29-47(41)55-49(39)48)53(36-20-8-3-9-21-36)37-24-27-46-40(30-37)38-22-12-13-23-45(38)54-46/h1-31H. The first kappa shape index (κ1) is 31.1. The molecule has 0 unspecified atom stereocenters. The van der Waals surface area contributed by atoms with Crippen molar-refractivity contribution in [1.29, 1.82) is 0 Å². The maximum absolute atomic E-state index is 7.01. The summed E-state index contributed by atoms with van der Waals surface area (Å²) in [6, 6.07) is 64.9. The molecule has 0 saturated heterocycles. The van der Waals surface area contributed by atoms with Crippen LogP contribution in [-0.4, -0.2) is 9.97 Å². The van der Waals surface area contributed by atoms with Gasteiger partial charge in [-0.15, -0.1) is 0 Å². The number of aromatic nitrogens is 2. The molecule has 0 aliphatic rings. The van der Waals surface area contributed by atoms with Gasteiger partial charge in [-0.25, -0.2) is 9.97 Å². The Bertz CT molecular complexity index is 3150. The third-order valence-corrected chi connectivity index (χ3v) is 10.4. The number of hydrogen-bond donors (Lipinski definition) is 0. The molecular formula is C50H31N3O2. The summed E-state index contributed by atoms with van der Waals surface area (Å²) in [6.07, 6.45) is 0. The van der Waals surface area contributed by atoms with Gasteiger partial charge in [-0.1, -0.05) is 121 Å². The predicted molar refractivity (Wildman–Crippen MR) is 225 cm³/mol. The maximum Gasteiger partial charge on any atom is 0.160 e. The van der Waals surface area contributed by atoms with E-state index in [4.69, 9.17) is 18.8 Å². The molecule has 8 aromatic carbocycles. The highest BCUT2D eigenvalue weighted by atomic mass is 16.3. The van der Waals surface area contributed by atoms with E-state index < -0.39 is 0 Å². The Kier molecular flexibility index (Phi) is 7.10. The van der Waals surface area contributed by atoms with Crippen molar-refractivity contribution in [2.45, 2.75) is 0 Å². The SMILES string of the molecule is c1ccc(-c2cc(-c3ccc(N(c4ccccc4)c4ccc5oc6ccccc6c5c4)c4c3oc3cc5ccccc5cc34)nc(-c3ccccc3)n2)cc1. The largest absolute Gasteiger partial charge is 0.456 e. The molecule has 0 N–H and O–H groups in total. The van der Waals surface area contributed by atoms with Crippen LogP contribution in [0.15, 0.2) is 197 Å². The molecule has 5 heteroatoms. The summed E-state index contributed by atoms with van der Waals surface area (Å²) < 4.78 is 13.3. The molecule has 3 aromatic heterocycles. The highest BCUT2D eigenvalue weighted by Gasteiger charge is 2.24. The van der Waals surface area contributed by atoms with Crippen molar-refractivity contribution in [3.63, 3.8) is 0 Å². The molecular weight excluding hydrogens is 675 g/mol. The van der Waals surface area contributed by atoms with Gasteiger partial charge in [0, 0.05) is 44.2 Å². The average molecular weight is 706 g/mol. The number of anilines is 3. The molecule has 0 aliphatic heterocycles. The maximum atomic E-state index is 7.01. The summed E-state index contributed by atoms with van der Waals surface area (Å²) in [6.45, 7) is 0. The van der Waals surface area contributed by atoms with Gasteiger partial charge in [-0.2, -0.15) is 0 Å². The lowest BCUT2D eigenvalue weighted by Gasteiger charge is -2.26. The fourth-order valence-corrected chi connectivity index (χ4v) is 7.85. The van der Waals surface area contributed by atoms with Crippen LogP contribution in [0, 0.1) is 0 Å². The molecule has 0 spiro atoms. The highest BCUT2D eigenvalue weighted by Crippen LogP contribution is 2.47. The topological polar surface area (TPSA) is 55.3 Å². The van der Waals surface area contributed by atoms with Crippen molar-refractivity contribution in [3.8, 4) is 33.9 Å². The van der Waals surface area contributed by atoms with Crippen LogP contribution >= 0.6 is 0 Å². The van der Waals surface area contributed by atoms with Gasteiger partial charge in [-0.05, 0) is 77.5 Å². The number of furan rings is 2. The Morgan fingerprint density at radius 2 is 1.05 bits per heavy atom. The van der Waals surface area contributed by atoms with Crippen LogP contribution in [0.4, 0.5) is 17.1 Å². The van der Waals surface area contributed by atoms with Crippen molar-refractivity contribution >= 4 is 71.7 Å².